The number of ether oxygens (including phenoxy) is 4. The molecule has 0 fully saturated rings. The van der Waals surface area contributed by atoms with Gasteiger partial charge in [-0.15, -0.1) is 0 Å². The Bertz CT molecular complexity index is 1780. The van der Waals surface area contributed by atoms with Crippen molar-refractivity contribution in [3.05, 3.63) is 93.6 Å². The molecule has 1 unspecified atom stereocenters. The second kappa shape index (κ2) is 12.1. The Morgan fingerprint density at radius 3 is 2.56 bits per heavy atom. The lowest BCUT2D eigenvalue weighted by Gasteiger charge is -2.27. The van der Waals surface area contributed by atoms with Gasteiger partial charge in [-0.05, 0) is 81.0 Å². The molecule has 1 aliphatic rings. The highest BCUT2D eigenvalue weighted by atomic mass is 16.5. The van der Waals surface area contributed by atoms with Gasteiger partial charge in [0, 0.05) is 22.6 Å². The minimum atomic E-state index is -0.617. The van der Waals surface area contributed by atoms with E-state index in [4.69, 9.17) is 29.1 Å². The summed E-state index contributed by atoms with van der Waals surface area (Å²) in [6, 6.07) is 16.8. The zero-order valence-electron chi connectivity index (χ0n) is 25.4. The van der Waals surface area contributed by atoms with Crippen LogP contribution >= 0.6 is 0 Å². The van der Waals surface area contributed by atoms with E-state index in [1.165, 1.54) is 0 Å². The maximum atomic E-state index is 13.2. The van der Waals surface area contributed by atoms with Gasteiger partial charge in [-0.2, -0.15) is 5.26 Å². The topological polar surface area (TPSA) is 117 Å². The van der Waals surface area contributed by atoms with Gasteiger partial charge in [0.25, 0.3) is 0 Å². The zero-order valence-corrected chi connectivity index (χ0v) is 25.4. The van der Waals surface area contributed by atoms with E-state index in [0.29, 0.717) is 47.5 Å². The molecule has 1 atom stereocenters. The van der Waals surface area contributed by atoms with Gasteiger partial charge in [-0.25, -0.2) is 4.79 Å². The molecule has 0 spiro atoms. The van der Waals surface area contributed by atoms with Crippen LogP contribution in [0.5, 0.6) is 23.0 Å². The number of hydrogen-bond donors (Lipinski definition) is 1. The van der Waals surface area contributed by atoms with E-state index in [9.17, 15) is 10.1 Å². The molecule has 8 heteroatoms. The third-order valence-electron chi connectivity index (χ3n) is 7.51. The number of nitrogens with two attached hydrogens (primary N) is 1. The normalized spacial score (nSPS) is 14.3. The number of esters is 1. The number of hydrogen-bond acceptors (Lipinski definition) is 8. The molecule has 0 amide bonds. The first-order valence-electron chi connectivity index (χ1n) is 14.4. The fourth-order valence-electron chi connectivity index (χ4n) is 5.48. The molecule has 1 aromatic heterocycles. The third kappa shape index (κ3) is 5.89. The van der Waals surface area contributed by atoms with E-state index in [0.717, 1.165) is 34.1 Å². The molecular formula is C35H36N2O6. The van der Waals surface area contributed by atoms with Crippen molar-refractivity contribution in [2.45, 2.75) is 53.9 Å². The van der Waals surface area contributed by atoms with Gasteiger partial charge in [-0.3, -0.25) is 0 Å². The third-order valence-corrected chi connectivity index (χ3v) is 7.51. The number of aryl methyl sites for hydroxylation is 3. The Morgan fingerprint density at radius 2 is 1.84 bits per heavy atom. The van der Waals surface area contributed by atoms with Crippen molar-refractivity contribution in [2.24, 2.45) is 11.7 Å². The number of fused-ring (bicyclic) bond motifs is 2. The Hall–Kier alpha value is -4.90. The van der Waals surface area contributed by atoms with Crippen molar-refractivity contribution in [3.63, 3.8) is 0 Å². The average Bonchev–Trinajstić information content (AvgIpc) is 3.29. The van der Waals surface area contributed by atoms with Crippen LogP contribution in [0.25, 0.3) is 11.0 Å². The van der Waals surface area contributed by atoms with Gasteiger partial charge in [0.2, 0.25) is 11.6 Å². The van der Waals surface area contributed by atoms with Crippen molar-refractivity contribution >= 4 is 16.9 Å². The first kappa shape index (κ1) is 29.6. The summed E-state index contributed by atoms with van der Waals surface area (Å²) in [6.07, 6.45) is 0.917. The average molecular weight is 581 g/mol. The van der Waals surface area contributed by atoms with Crippen molar-refractivity contribution < 1.29 is 28.2 Å². The Kier molecular flexibility index (Phi) is 8.36. The minimum absolute atomic E-state index is 0.0160. The van der Waals surface area contributed by atoms with Crippen LogP contribution in [0.2, 0.25) is 0 Å². The first-order chi connectivity index (χ1) is 20.6. The molecule has 0 saturated carbocycles. The summed E-state index contributed by atoms with van der Waals surface area (Å²) >= 11 is 0. The number of carbonyl (C=O) groups excluding carboxylic acids is 1. The number of nitriles is 1. The Balaban J connectivity index is 1.46. The Labute approximate surface area is 251 Å². The molecule has 222 valence electrons. The molecule has 0 radical (unpaired) electrons. The molecule has 5 rings (SSSR count). The van der Waals surface area contributed by atoms with E-state index >= 15 is 0 Å². The second-order valence-electron chi connectivity index (χ2n) is 11.2. The van der Waals surface area contributed by atoms with Crippen LogP contribution in [-0.2, 0) is 0 Å². The van der Waals surface area contributed by atoms with Crippen LogP contribution in [0.1, 0.15) is 71.5 Å². The van der Waals surface area contributed by atoms with Crippen LogP contribution in [0.4, 0.5) is 0 Å². The molecular weight excluding hydrogens is 544 g/mol. The maximum Gasteiger partial charge on any atom is 0.379 e. The SMILES string of the molecule is CCOc1cc(C2C(C#N)=C(N)Oc3cc(OC(=O)c4oc5cc(C)cc(C)c5c4C)ccc32)ccc1OCCC(C)C. The lowest BCUT2D eigenvalue weighted by molar-refractivity contribution is 0.0702. The summed E-state index contributed by atoms with van der Waals surface area (Å²) in [6.45, 7) is 13.0. The van der Waals surface area contributed by atoms with E-state index in [2.05, 4.69) is 26.0 Å². The van der Waals surface area contributed by atoms with Gasteiger partial charge in [-0.1, -0.05) is 32.0 Å². The molecule has 0 bridgehead atoms. The number of rotatable bonds is 9. The quantitative estimate of drug-likeness (QED) is 0.159. The van der Waals surface area contributed by atoms with Crippen LogP contribution in [-0.4, -0.2) is 19.2 Å². The summed E-state index contributed by atoms with van der Waals surface area (Å²) in [5.41, 5.74) is 11.4. The summed E-state index contributed by atoms with van der Waals surface area (Å²) in [4.78, 5) is 13.2. The second-order valence-corrected chi connectivity index (χ2v) is 11.2. The largest absolute Gasteiger partial charge is 0.490 e. The highest BCUT2D eigenvalue weighted by molar-refractivity contribution is 5.98. The molecule has 1 aliphatic heterocycles. The van der Waals surface area contributed by atoms with Crippen molar-refractivity contribution in [3.8, 4) is 29.1 Å². The Morgan fingerprint density at radius 1 is 1.05 bits per heavy atom. The maximum absolute atomic E-state index is 13.2. The van der Waals surface area contributed by atoms with Crippen LogP contribution in [0.3, 0.4) is 0 Å². The van der Waals surface area contributed by atoms with Crippen LogP contribution in [0.15, 0.2) is 64.4 Å². The molecule has 43 heavy (non-hydrogen) atoms. The smallest absolute Gasteiger partial charge is 0.379 e. The zero-order chi connectivity index (χ0) is 30.8. The van der Waals surface area contributed by atoms with Crippen molar-refractivity contribution in [2.75, 3.05) is 13.2 Å². The van der Waals surface area contributed by atoms with E-state index in [-0.39, 0.29) is 23.0 Å². The first-order valence-corrected chi connectivity index (χ1v) is 14.4. The lowest BCUT2D eigenvalue weighted by Crippen LogP contribution is -2.21. The van der Waals surface area contributed by atoms with Crippen molar-refractivity contribution in [1.29, 1.82) is 5.26 Å². The van der Waals surface area contributed by atoms with E-state index in [1.807, 2.05) is 52.0 Å². The van der Waals surface area contributed by atoms with Gasteiger partial charge >= 0.3 is 5.97 Å². The van der Waals surface area contributed by atoms with Gasteiger partial charge in [0.05, 0.1) is 19.1 Å². The predicted octanol–water partition coefficient (Wildman–Crippen LogP) is 7.62. The monoisotopic (exact) mass is 580 g/mol. The highest BCUT2D eigenvalue weighted by Gasteiger charge is 2.32. The molecule has 3 aromatic carbocycles. The summed E-state index contributed by atoms with van der Waals surface area (Å²) in [5, 5.41) is 10.9. The molecule has 2 N–H and O–H groups in total. The fraction of sp³-hybridized carbons (Fsp3) is 0.314. The number of carbonyl (C=O) groups is 1. The number of nitrogens with zero attached hydrogens (tertiary/aromatic N) is 1. The summed E-state index contributed by atoms with van der Waals surface area (Å²) < 4.78 is 29.4. The summed E-state index contributed by atoms with van der Waals surface area (Å²) in [5.74, 6) is 1.37. The van der Waals surface area contributed by atoms with E-state index in [1.54, 1.807) is 18.2 Å². The van der Waals surface area contributed by atoms with Crippen molar-refractivity contribution in [1.82, 2.24) is 0 Å². The van der Waals surface area contributed by atoms with Crippen LogP contribution < -0.4 is 24.7 Å². The fourth-order valence-corrected chi connectivity index (χ4v) is 5.48. The van der Waals surface area contributed by atoms with E-state index < -0.39 is 11.9 Å². The standard InChI is InChI=1S/C35H36N2O6/c1-7-39-29-16-23(8-11-27(29)40-13-12-19(2)3)32-25-10-9-24(17-28(25)43-34(37)26(32)18-36)41-35(38)33-22(6)31-21(5)14-20(4)15-30(31)42-33/h8-11,14-17,19,32H,7,12-13,37H2,1-6H3. The molecule has 4 aromatic rings. The molecule has 8 nitrogen and oxygen atoms in total. The van der Waals surface area contributed by atoms with Gasteiger partial charge < -0.3 is 29.1 Å². The lowest BCUT2D eigenvalue weighted by atomic mass is 9.83. The van der Waals surface area contributed by atoms with Gasteiger partial charge in [0.1, 0.15) is 28.7 Å². The molecule has 2 heterocycles. The number of benzene rings is 3. The predicted molar refractivity (Wildman–Crippen MR) is 164 cm³/mol. The minimum Gasteiger partial charge on any atom is -0.490 e. The summed E-state index contributed by atoms with van der Waals surface area (Å²) in [7, 11) is 0. The molecule has 0 aliphatic carbocycles. The highest BCUT2D eigenvalue weighted by Crippen LogP contribution is 2.45. The number of furan rings is 1. The molecule has 0 saturated heterocycles. The van der Waals surface area contributed by atoms with Gasteiger partial charge in [0.15, 0.2) is 11.5 Å². The van der Waals surface area contributed by atoms with Crippen LogP contribution in [0, 0.1) is 38.0 Å². The number of allylic oxidation sites excluding steroid dienone is 1.